The maximum Gasteiger partial charge on any atom is 0.254 e. The van der Waals surface area contributed by atoms with E-state index in [9.17, 15) is 14.7 Å². The summed E-state index contributed by atoms with van der Waals surface area (Å²) in [4.78, 5) is 33.9. The third kappa shape index (κ3) is 2.93. The number of benzene rings is 1. The van der Waals surface area contributed by atoms with Gasteiger partial charge >= 0.3 is 0 Å². The molecule has 0 fully saturated rings. The number of nitrogens with zero attached hydrogens (tertiary/aromatic N) is 3. The van der Waals surface area contributed by atoms with Crippen molar-refractivity contribution in [2.45, 2.75) is 78.0 Å². The number of aryl methyl sites for hydroxylation is 2. The van der Waals surface area contributed by atoms with E-state index in [-0.39, 0.29) is 24.2 Å². The number of aromatic nitrogens is 2. The topological polar surface area (TPSA) is 75.4 Å². The van der Waals surface area contributed by atoms with Crippen LogP contribution in [0.5, 0.6) is 0 Å². The number of fused-ring (bicyclic) bond motifs is 6. The van der Waals surface area contributed by atoms with E-state index in [1.807, 2.05) is 10.6 Å². The fourth-order valence-electron chi connectivity index (χ4n) is 6.88. The molecule has 0 spiro atoms. The first-order valence-corrected chi connectivity index (χ1v) is 12.8. The predicted molar refractivity (Wildman–Crippen MR) is 137 cm³/mol. The Balaban J connectivity index is 1.70. The second-order valence-electron chi connectivity index (χ2n) is 10.9. The molecular weight excluding hydrogens is 438 g/mol. The van der Waals surface area contributed by atoms with Gasteiger partial charge in [0, 0.05) is 35.0 Å². The van der Waals surface area contributed by atoms with E-state index in [0.29, 0.717) is 24.1 Å². The van der Waals surface area contributed by atoms with Gasteiger partial charge in [-0.3, -0.25) is 9.59 Å². The molecule has 6 rings (SSSR count). The molecule has 35 heavy (non-hydrogen) atoms. The van der Waals surface area contributed by atoms with Gasteiger partial charge in [0.1, 0.15) is 5.60 Å². The molecule has 2 aliphatic carbocycles. The Kier molecular flexibility index (Phi) is 4.90. The largest absolute Gasteiger partial charge is 0.377 e. The van der Waals surface area contributed by atoms with Crippen molar-refractivity contribution in [3.05, 3.63) is 60.9 Å². The summed E-state index contributed by atoms with van der Waals surface area (Å²) in [6.07, 6.45) is 4.25. The van der Waals surface area contributed by atoms with Crippen LogP contribution in [0.3, 0.4) is 0 Å². The van der Waals surface area contributed by atoms with Crippen LogP contribution < -0.4 is 5.56 Å². The highest BCUT2D eigenvalue weighted by Gasteiger charge is 2.43. The first-order chi connectivity index (χ1) is 16.7. The van der Waals surface area contributed by atoms with Gasteiger partial charge < -0.3 is 14.6 Å². The van der Waals surface area contributed by atoms with E-state index in [2.05, 4.69) is 32.8 Å². The van der Waals surface area contributed by atoms with Crippen LogP contribution in [-0.4, -0.2) is 39.4 Å². The van der Waals surface area contributed by atoms with Crippen molar-refractivity contribution in [3.63, 3.8) is 0 Å². The molecule has 3 heterocycles. The quantitative estimate of drug-likeness (QED) is 0.493. The predicted octanol–water partition coefficient (Wildman–Crippen LogP) is 3.71. The smallest absolute Gasteiger partial charge is 0.254 e. The molecule has 1 atom stereocenters. The Morgan fingerprint density at radius 1 is 1.03 bits per heavy atom. The molecular formula is C29H33N3O3. The summed E-state index contributed by atoms with van der Waals surface area (Å²) in [6.45, 7) is 7.48. The third-order valence-corrected chi connectivity index (χ3v) is 8.72. The standard InChI is InChI=1S/C29H33N3O3/c1-6-29(35)22-12-23-27-21(14-32(23)28(34)19(22)10-11-24(29)33)20(13-31(4)5)25-15(2)17-8-7-9-18(17)16(3)26(25)30-27/h12,35H,6-11,13-14H2,1-5H3/t29-/m0/s1. The van der Waals surface area contributed by atoms with Crippen molar-refractivity contribution in [1.29, 1.82) is 0 Å². The van der Waals surface area contributed by atoms with Crippen LogP contribution in [0.2, 0.25) is 0 Å². The maximum atomic E-state index is 13.7. The Morgan fingerprint density at radius 3 is 2.43 bits per heavy atom. The van der Waals surface area contributed by atoms with Crippen molar-refractivity contribution in [2.24, 2.45) is 0 Å². The minimum Gasteiger partial charge on any atom is -0.377 e. The molecule has 1 N–H and O–H groups in total. The van der Waals surface area contributed by atoms with Crippen LogP contribution in [0.1, 0.15) is 70.7 Å². The minimum atomic E-state index is -1.60. The summed E-state index contributed by atoms with van der Waals surface area (Å²) in [5.74, 6) is -0.197. The average molecular weight is 472 g/mol. The van der Waals surface area contributed by atoms with E-state index in [4.69, 9.17) is 4.98 Å². The number of ketones is 1. The van der Waals surface area contributed by atoms with E-state index in [1.165, 1.54) is 39.6 Å². The SMILES string of the molecule is CC[C@@]1(O)C(=O)CCc2c1cc1n(c2=O)Cc2c-1nc1c(C)c3c(c(C)c1c2CN(C)C)CCC3. The van der Waals surface area contributed by atoms with Gasteiger partial charge in [-0.1, -0.05) is 6.92 Å². The Labute approximate surface area is 205 Å². The first kappa shape index (κ1) is 22.6. The molecule has 6 heteroatoms. The highest BCUT2D eigenvalue weighted by molar-refractivity contribution is 5.95. The zero-order chi connectivity index (χ0) is 24.8. The molecule has 0 amide bonds. The van der Waals surface area contributed by atoms with E-state index < -0.39 is 5.60 Å². The van der Waals surface area contributed by atoms with E-state index >= 15 is 0 Å². The van der Waals surface area contributed by atoms with E-state index in [1.54, 1.807) is 6.92 Å². The summed E-state index contributed by atoms with van der Waals surface area (Å²) in [6, 6.07) is 1.89. The molecule has 3 aliphatic rings. The van der Waals surface area contributed by atoms with Gasteiger partial charge in [0.25, 0.3) is 5.56 Å². The van der Waals surface area contributed by atoms with Crippen LogP contribution in [0.25, 0.3) is 22.3 Å². The fraction of sp³-hybridized carbons (Fsp3) is 0.483. The van der Waals surface area contributed by atoms with Crippen LogP contribution in [0, 0.1) is 13.8 Å². The fourth-order valence-corrected chi connectivity index (χ4v) is 6.88. The van der Waals surface area contributed by atoms with Gasteiger partial charge in [-0.05, 0) is 93.9 Å². The average Bonchev–Trinajstić information content (AvgIpc) is 3.46. The molecule has 0 radical (unpaired) electrons. The summed E-state index contributed by atoms with van der Waals surface area (Å²) >= 11 is 0. The second kappa shape index (κ2) is 7.58. The molecule has 0 saturated carbocycles. The molecule has 2 aromatic heterocycles. The maximum absolute atomic E-state index is 13.7. The van der Waals surface area contributed by atoms with Crippen LogP contribution in [0.15, 0.2) is 10.9 Å². The zero-order valence-corrected chi connectivity index (χ0v) is 21.3. The summed E-state index contributed by atoms with van der Waals surface area (Å²) in [7, 11) is 4.16. The number of carbonyl (C=O) groups excluding carboxylic acids is 1. The van der Waals surface area contributed by atoms with Crippen molar-refractivity contribution in [1.82, 2.24) is 14.5 Å². The molecule has 0 bridgehead atoms. The van der Waals surface area contributed by atoms with Crippen molar-refractivity contribution >= 4 is 16.7 Å². The van der Waals surface area contributed by atoms with Crippen molar-refractivity contribution < 1.29 is 9.90 Å². The highest BCUT2D eigenvalue weighted by atomic mass is 16.3. The van der Waals surface area contributed by atoms with Gasteiger partial charge in [-0.15, -0.1) is 0 Å². The number of hydrogen-bond acceptors (Lipinski definition) is 5. The monoisotopic (exact) mass is 471 g/mol. The van der Waals surface area contributed by atoms with Gasteiger partial charge in [0.05, 0.1) is 23.4 Å². The van der Waals surface area contributed by atoms with Gasteiger partial charge in [-0.25, -0.2) is 4.98 Å². The van der Waals surface area contributed by atoms with Crippen LogP contribution in [0.4, 0.5) is 0 Å². The lowest BCUT2D eigenvalue weighted by Gasteiger charge is -2.32. The Bertz CT molecular complexity index is 1510. The lowest BCUT2D eigenvalue weighted by Crippen LogP contribution is -2.43. The normalized spacial score (nSPS) is 20.4. The Morgan fingerprint density at radius 2 is 1.74 bits per heavy atom. The molecule has 6 nitrogen and oxygen atoms in total. The molecule has 3 aromatic rings. The summed E-state index contributed by atoms with van der Waals surface area (Å²) in [5.41, 5.74) is 9.79. The van der Waals surface area contributed by atoms with Crippen molar-refractivity contribution in [2.75, 3.05) is 14.1 Å². The number of pyridine rings is 2. The molecule has 0 saturated heterocycles. The lowest BCUT2D eigenvalue weighted by atomic mass is 9.77. The molecule has 182 valence electrons. The number of Topliss-reactive ketones (excluding diaryl/α,β-unsaturated/α-hetero) is 1. The van der Waals surface area contributed by atoms with Gasteiger partial charge in [0.2, 0.25) is 0 Å². The lowest BCUT2D eigenvalue weighted by molar-refractivity contribution is -0.140. The minimum absolute atomic E-state index is 0.0920. The number of carbonyl (C=O) groups is 1. The van der Waals surface area contributed by atoms with Gasteiger partial charge in [-0.2, -0.15) is 0 Å². The molecule has 1 aromatic carbocycles. The van der Waals surface area contributed by atoms with Crippen LogP contribution >= 0.6 is 0 Å². The highest BCUT2D eigenvalue weighted by Crippen LogP contribution is 2.43. The van der Waals surface area contributed by atoms with Crippen LogP contribution in [-0.2, 0) is 42.7 Å². The third-order valence-electron chi connectivity index (χ3n) is 8.72. The van der Waals surface area contributed by atoms with E-state index in [0.717, 1.165) is 41.9 Å². The number of rotatable bonds is 3. The van der Waals surface area contributed by atoms with Gasteiger partial charge in [0.15, 0.2) is 5.78 Å². The van der Waals surface area contributed by atoms with Crippen molar-refractivity contribution in [3.8, 4) is 11.4 Å². The number of hydrogen-bond donors (Lipinski definition) is 1. The summed E-state index contributed by atoms with van der Waals surface area (Å²) in [5, 5.41) is 12.5. The Hall–Kier alpha value is -2.83. The number of aliphatic hydroxyl groups is 1. The summed E-state index contributed by atoms with van der Waals surface area (Å²) < 4.78 is 1.82. The zero-order valence-electron chi connectivity index (χ0n) is 21.3. The second-order valence-corrected chi connectivity index (χ2v) is 10.9. The first-order valence-electron chi connectivity index (χ1n) is 12.8. The molecule has 0 unspecified atom stereocenters. The molecule has 1 aliphatic heterocycles.